The molecule has 0 unspecified atom stereocenters. The zero-order valence-electron chi connectivity index (χ0n) is 11.7. The van der Waals surface area contributed by atoms with Crippen LogP contribution in [0.3, 0.4) is 0 Å². The number of nitro benzene ring substituents is 1. The number of aryl methyl sites for hydroxylation is 2. The smallest absolute Gasteiger partial charge is 0.293 e. The van der Waals surface area contributed by atoms with Crippen LogP contribution in [0, 0.1) is 24.0 Å². The summed E-state index contributed by atoms with van der Waals surface area (Å²) in [5, 5.41) is 17.3. The Kier molecular flexibility index (Phi) is 4.49. The maximum absolute atomic E-state index is 11.1. The number of para-hydroxylation sites is 1. The van der Waals surface area contributed by atoms with Crippen LogP contribution in [0.5, 0.6) is 0 Å². The minimum Gasteiger partial charge on any atom is -0.332 e. The van der Waals surface area contributed by atoms with Crippen LogP contribution in [0.1, 0.15) is 11.1 Å². The van der Waals surface area contributed by atoms with Crippen molar-refractivity contribution in [2.24, 2.45) is 0 Å². The first-order chi connectivity index (χ1) is 9.97. The Morgan fingerprint density at radius 1 is 1.14 bits per heavy atom. The molecule has 0 aromatic heterocycles. The van der Waals surface area contributed by atoms with Crippen LogP contribution in [0.25, 0.3) is 0 Å². The van der Waals surface area contributed by atoms with E-state index in [1.54, 1.807) is 19.1 Å². The second-order valence-electron chi connectivity index (χ2n) is 4.67. The van der Waals surface area contributed by atoms with Crippen LogP contribution in [0.2, 0.25) is 0 Å². The highest BCUT2D eigenvalue weighted by Crippen LogP contribution is 2.27. The zero-order chi connectivity index (χ0) is 15.4. The summed E-state index contributed by atoms with van der Waals surface area (Å²) >= 11 is 5.22. The highest BCUT2D eigenvalue weighted by Gasteiger charge is 2.16. The summed E-state index contributed by atoms with van der Waals surface area (Å²) in [7, 11) is 0. The van der Waals surface area contributed by atoms with Gasteiger partial charge in [-0.25, -0.2) is 0 Å². The molecule has 0 radical (unpaired) electrons. The summed E-state index contributed by atoms with van der Waals surface area (Å²) in [6.45, 7) is 3.78. The summed E-state index contributed by atoms with van der Waals surface area (Å²) in [5.74, 6) is 0. The fourth-order valence-corrected chi connectivity index (χ4v) is 2.19. The Balaban J connectivity index is 2.18. The monoisotopic (exact) mass is 301 g/mol. The molecule has 0 amide bonds. The molecule has 6 heteroatoms. The van der Waals surface area contributed by atoms with Gasteiger partial charge in [-0.3, -0.25) is 10.1 Å². The van der Waals surface area contributed by atoms with Crippen molar-refractivity contribution in [2.75, 3.05) is 10.6 Å². The number of nitro groups is 1. The predicted molar refractivity (Wildman–Crippen MR) is 88.9 cm³/mol. The van der Waals surface area contributed by atoms with Crippen LogP contribution in [0.15, 0.2) is 42.5 Å². The lowest BCUT2D eigenvalue weighted by atomic mass is 10.1. The maximum atomic E-state index is 11.1. The zero-order valence-corrected chi connectivity index (χ0v) is 12.5. The quantitative estimate of drug-likeness (QED) is 0.509. The largest absolute Gasteiger partial charge is 0.332 e. The van der Waals surface area contributed by atoms with E-state index in [-0.39, 0.29) is 5.69 Å². The van der Waals surface area contributed by atoms with Gasteiger partial charge in [-0.2, -0.15) is 0 Å². The lowest BCUT2D eigenvalue weighted by molar-refractivity contribution is -0.383. The summed E-state index contributed by atoms with van der Waals surface area (Å²) in [5.41, 5.74) is 3.11. The van der Waals surface area contributed by atoms with Gasteiger partial charge < -0.3 is 10.6 Å². The van der Waals surface area contributed by atoms with Gasteiger partial charge in [-0.05, 0) is 49.3 Å². The Hall–Kier alpha value is -2.47. The van der Waals surface area contributed by atoms with E-state index >= 15 is 0 Å². The third-order valence-electron chi connectivity index (χ3n) is 2.96. The lowest BCUT2D eigenvalue weighted by Crippen LogP contribution is -2.20. The van der Waals surface area contributed by atoms with Crippen LogP contribution in [0.4, 0.5) is 17.1 Å². The number of hydrogen-bond donors (Lipinski definition) is 2. The molecule has 108 valence electrons. The first kappa shape index (κ1) is 14.9. The van der Waals surface area contributed by atoms with Crippen molar-refractivity contribution < 1.29 is 4.92 Å². The SMILES string of the molecule is Cc1cccc(NC(=S)Nc2c(C)cccc2[N+](=O)[O-])c1. The Bertz CT molecular complexity index is 701. The Labute approximate surface area is 128 Å². The van der Waals surface area contributed by atoms with Gasteiger partial charge in [0.05, 0.1) is 4.92 Å². The third kappa shape index (κ3) is 3.76. The second kappa shape index (κ2) is 6.32. The molecule has 2 aromatic rings. The Morgan fingerprint density at radius 3 is 2.52 bits per heavy atom. The normalized spacial score (nSPS) is 10.0. The predicted octanol–water partition coefficient (Wildman–Crippen LogP) is 4.02. The number of nitrogens with one attached hydrogen (secondary N) is 2. The van der Waals surface area contributed by atoms with Crippen LogP contribution >= 0.6 is 12.2 Å². The van der Waals surface area contributed by atoms with Gasteiger partial charge in [0.1, 0.15) is 5.69 Å². The third-order valence-corrected chi connectivity index (χ3v) is 3.17. The highest BCUT2D eigenvalue weighted by molar-refractivity contribution is 7.80. The number of thiocarbonyl (C=S) groups is 1. The number of hydrogen-bond acceptors (Lipinski definition) is 3. The Morgan fingerprint density at radius 2 is 1.86 bits per heavy atom. The van der Waals surface area contributed by atoms with Crippen LogP contribution in [-0.4, -0.2) is 10.0 Å². The van der Waals surface area contributed by atoms with E-state index in [2.05, 4.69) is 10.6 Å². The van der Waals surface area contributed by atoms with Crippen LogP contribution in [-0.2, 0) is 0 Å². The van der Waals surface area contributed by atoms with Gasteiger partial charge in [-0.1, -0.05) is 24.3 Å². The molecule has 21 heavy (non-hydrogen) atoms. The standard InChI is InChI=1S/C15H15N3O2S/c1-10-5-3-7-12(9-10)16-15(21)17-14-11(2)6-4-8-13(14)18(19)20/h3-9H,1-2H3,(H2,16,17,21). The molecule has 2 N–H and O–H groups in total. The molecule has 0 aliphatic carbocycles. The summed E-state index contributed by atoms with van der Waals surface area (Å²) in [6.07, 6.45) is 0. The van der Waals surface area contributed by atoms with Gasteiger partial charge in [0, 0.05) is 11.8 Å². The molecule has 0 atom stereocenters. The van der Waals surface area contributed by atoms with Crippen molar-refractivity contribution in [1.82, 2.24) is 0 Å². The van der Waals surface area contributed by atoms with Gasteiger partial charge in [0.15, 0.2) is 5.11 Å². The molecule has 5 nitrogen and oxygen atoms in total. The first-order valence-electron chi connectivity index (χ1n) is 6.36. The van der Waals surface area contributed by atoms with E-state index in [0.29, 0.717) is 10.8 Å². The molecule has 0 spiro atoms. The van der Waals surface area contributed by atoms with Gasteiger partial charge >= 0.3 is 0 Å². The van der Waals surface area contributed by atoms with Crippen molar-refractivity contribution in [1.29, 1.82) is 0 Å². The molecule has 0 saturated carbocycles. The van der Waals surface area contributed by atoms with Crippen molar-refractivity contribution >= 4 is 34.4 Å². The van der Waals surface area contributed by atoms with Gasteiger partial charge in [0.2, 0.25) is 0 Å². The molecule has 0 bridgehead atoms. The number of benzene rings is 2. The molecule has 0 fully saturated rings. The second-order valence-corrected chi connectivity index (χ2v) is 5.08. The van der Waals surface area contributed by atoms with E-state index in [1.807, 2.05) is 31.2 Å². The average Bonchev–Trinajstić information content (AvgIpc) is 2.40. The molecule has 2 aromatic carbocycles. The van der Waals surface area contributed by atoms with E-state index in [9.17, 15) is 10.1 Å². The van der Waals surface area contributed by atoms with E-state index in [1.165, 1.54) is 6.07 Å². The van der Waals surface area contributed by atoms with Crippen molar-refractivity contribution in [3.8, 4) is 0 Å². The van der Waals surface area contributed by atoms with Gasteiger partial charge in [-0.15, -0.1) is 0 Å². The summed E-state index contributed by atoms with van der Waals surface area (Å²) in [4.78, 5) is 10.6. The summed E-state index contributed by atoms with van der Waals surface area (Å²) < 4.78 is 0. The summed E-state index contributed by atoms with van der Waals surface area (Å²) in [6, 6.07) is 12.6. The fourth-order valence-electron chi connectivity index (χ4n) is 1.97. The van der Waals surface area contributed by atoms with Gasteiger partial charge in [0.25, 0.3) is 5.69 Å². The van der Waals surface area contributed by atoms with Crippen molar-refractivity contribution in [2.45, 2.75) is 13.8 Å². The molecule has 0 aliphatic heterocycles. The first-order valence-corrected chi connectivity index (χ1v) is 6.77. The number of nitrogens with zero attached hydrogens (tertiary/aromatic N) is 1. The average molecular weight is 301 g/mol. The lowest BCUT2D eigenvalue weighted by Gasteiger charge is -2.13. The molecule has 0 aliphatic rings. The minimum absolute atomic E-state index is 0.00314. The maximum Gasteiger partial charge on any atom is 0.293 e. The molecular weight excluding hydrogens is 286 g/mol. The van der Waals surface area contributed by atoms with E-state index < -0.39 is 4.92 Å². The minimum atomic E-state index is -0.426. The van der Waals surface area contributed by atoms with Crippen molar-refractivity contribution in [3.63, 3.8) is 0 Å². The topological polar surface area (TPSA) is 67.2 Å². The molecule has 0 heterocycles. The molecule has 2 rings (SSSR count). The van der Waals surface area contributed by atoms with E-state index in [4.69, 9.17) is 12.2 Å². The van der Waals surface area contributed by atoms with Crippen LogP contribution < -0.4 is 10.6 Å². The number of anilines is 2. The highest BCUT2D eigenvalue weighted by atomic mass is 32.1. The van der Waals surface area contributed by atoms with Crippen molar-refractivity contribution in [3.05, 3.63) is 63.7 Å². The molecular formula is C15H15N3O2S. The van der Waals surface area contributed by atoms with E-state index in [0.717, 1.165) is 16.8 Å². The molecule has 0 saturated heterocycles. The fraction of sp³-hybridized carbons (Fsp3) is 0.133. The number of rotatable bonds is 3.